The molecule has 0 aliphatic heterocycles. The normalized spacial score (nSPS) is 12.5. The first-order valence-corrected chi connectivity index (χ1v) is 9.62. The molecular weight excluding hydrogens is 538 g/mol. The average molecular weight is 546 g/mol. The van der Waals surface area contributed by atoms with Gasteiger partial charge in [0.2, 0.25) is 0 Å². The third kappa shape index (κ3) is 2.54. The van der Waals surface area contributed by atoms with E-state index in [1.165, 1.54) is 11.3 Å². The Morgan fingerprint density at radius 1 is 1.17 bits per heavy atom. The fraction of sp³-hybridized carbons (Fsp3) is 0. The van der Waals surface area contributed by atoms with Crippen molar-refractivity contribution in [3.05, 3.63) is 64.0 Å². The predicted molar refractivity (Wildman–Crippen MR) is 109 cm³/mol. The molecule has 114 valence electrons. The average Bonchev–Trinajstić information content (AvgIpc) is 3.02. The number of benzene rings is 2. The number of aromatic hydroxyl groups is 1. The summed E-state index contributed by atoms with van der Waals surface area (Å²) in [5.74, 6) is 0.276. The Hall–Kier alpha value is -1.20. The molecule has 0 spiro atoms. The quantitative estimate of drug-likeness (QED) is 0.373. The van der Waals surface area contributed by atoms with Crippen LogP contribution in [0.5, 0.6) is 5.75 Å². The number of para-hydroxylation sites is 2. The van der Waals surface area contributed by atoms with Crippen LogP contribution in [0.4, 0.5) is 0 Å². The summed E-state index contributed by atoms with van der Waals surface area (Å²) in [4.78, 5) is 17.9. The molecule has 0 unspecified atom stereocenters. The third-order valence-electron chi connectivity index (χ3n) is 3.48. The molecule has 0 aliphatic rings. The molecule has 0 saturated carbocycles. The van der Waals surface area contributed by atoms with Crippen molar-refractivity contribution in [2.24, 2.45) is 0 Å². The van der Waals surface area contributed by atoms with Crippen molar-refractivity contribution in [3.63, 3.8) is 0 Å². The number of hydrogen-bond donors (Lipinski definition) is 1. The Kier molecular flexibility index (Phi) is 3.81. The molecule has 0 bridgehead atoms. The fourth-order valence-electron chi connectivity index (χ4n) is 2.43. The number of hydrogen-bond acceptors (Lipinski definition) is 4. The first kappa shape index (κ1) is 15.3. The monoisotopic (exact) mass is 546 g/mol. The van der Waals surface area contributed by atoms with Crippen molar-refractivity contribution >= 4 is 78.6 Å². The van der Waals surface area contributed by atoms with E-state index in [2.05, 4.69) is 50.2 Å². The van der Waals surface area contributed by atoms with E-state index in [0.717, 1.165) is 23.7 Å². The van der Waals surface area contributed by atoms with Gasteiger partial charge >= 0.3 is 0 Å². The van der Waals surface area contributed by atoms with E-state index in [1.807, 2.05) is 42.5 Å². The zero-order valence-corrected chi connectivity index (χ0v) is 16.6. The second-order valence-corrected chi connectivity index (χ2v) is 8.30. The highest BCUT2D eigenvalue weighted by atomic mass is 127. The molecule has 0 fully saturated rings. The molecule has 0 amide bonds. The van der Waals surface area contributed by atoms with Crippen LogP contribution in [0.1, 0.15) is 5.56 Å². The van der Waals surface area contributed by atoms with Crippen LogP contribution < -0.4 is 10.1 Å². The number of rotatable bonds is 1. The molecule has 0 aliphatic carbocycles. The van der Waals surface area contributed by atoms with Gasteiger partial charge in [0.1, 0.15) is 5.75 Å². The second kappa shape index (κ2) is 5.71. The Labute approximate surface area is 161 Å². The van der Waals surface area contributed by atoms with Crippen LogP contribution in [-0.4, -0.2) is 14.5 Å². The molecule has 2 aromatic heterocycles. The SMILES string of the molecule is O=c1c(=Cc2cc(I)c(O)c(I)c2)sc2nc3ccccc3n12. The number of phenols is 1. The summed E-state index contributed by atoms with van der Waals surface area (Å²) in [7, 11) is 0. The van der Waals surface area contributed by atoms with Crippen molar-refractivity contribution in [1.29, 1.82) is 0 Å². The van der Waals surface area contributed by atoms with Crippen LogP contribution in [0.3, 0.4) is 0 Å². The molecule has 2 heterocycles. The summed E-state index contributed by atoms with van der Waals surface area (Å²) in [6.45, 7) is 0. The Morgan fingerprint density at radius 3 is 2.61 bits per heavy atom. The van der Waals surface area contributed by atoms with E-state index in [0.29, 0.717) is 9.49 Å². The Bertz CT molecular complexity index is 1160. The number of nitrogens with zero attached hydrogens (tertiary/aromatic N) is 2. The minimum absolute atomic E-state index is 0.0585. The van der Waals surface area contributed by atoms with E-state index >= 15 is 0 Å². The molecule has 4 nitrogen and oxygen atoms in total. The molecule has 1 N–H and O–H groups in total. The minimum atomic E-state index is -0.0585. The summed E-state index contributed by atoms with van der Waals surface area (Å²) >= 11 is 5.55. The Balaban J connectivity index is 1.99. The maximum absolute atomic E-state index is 12.7. The summed E-state index contributed by atoms with van der Waals surface area (Å²) in [5, 5.41) is 9.85. The van der Waals surface area contributed by atoms with Crippen LogP contribution >= 0.6 is 56.5 Å². The van der Waals surface area contributed by atoms with Gasteiger partial charge < -0.3 is 5.11 Å². The van der Waals surface area contributed by atoms with E-state index in [9.17, 15) is 9.90 Å². The van der Waals surface area contributed by atoms with Crippen molar-refractivity contribution in [2.45, 2.75) is 0 Å². The second-order valence-electron chi connectivity index (χ2n) is 4.97. The molecule has 7 heteroatoms. The molecule has 4 rings (SSSR count). The van der Waals surface area contributed by atoms with Crippen LogP contribution in [0.15, 0.2) is 41.2 Å². The lowest BCUT2D eigenvalue weighted by Crippen LogP contribution is -2.22. The lowest BCUT2D eigenvalue weighted by atomic mass is 10.2. The van der Waals surface area contributed by atoms with Gasteiger partial charge in [-0.15, -0.1) is 0 Å². The maximum atomic E-state index is 12.7. The van der Waals surface area contributed by atoms with Gasteiger partial charge in [-0.1, -0.05) is 23.5 Å². The summed E-state index contributed by atoms with van der Waals surface area (Å²) in [6.07, 6.45) is 1.85. The molecule has 4 aromatic rings. The van der Waals surface area contributed by atoms with E-state index in [4.69, 9.17) is 0 Å². The fourth-order valence-corrected chi connectivity index (χ4v) is 5.23. The first-order valence-electron chi connectivity index (χ1n) is 6.64. The van der Waals surface area contributed by atoms with Gasteiger partial charge in [-0.3, -0.25) is 4.79 Å². The number of imidazole rings is 1. The van der Waals surface area contributed by atoms with Crippen LogP contribution in [-0.2, 0) is 0 Å². The largest absolute Gasteiger partial charge is 0.506 e. The lowest BCUT2D eigenvalue weighted by Gasteiger charge is -2.01. The lowest BCUT2D eigenvalue weighted by molar-refractivity contribution is 0.467. The minimum Gasteiger partial charge on any atom is -0.506 e. The Morgan fingerprint density at radius 2 is 1.87 bits per heavy atom. The number of thiazole rings is 1. The van der Waals surface area contributed by atoms with E-state index in [1.54, 1.807) is 4.40 Å². The van der Waals surface area contributed by atoms with Crippen molar-refractivity contribution in [3.8, 4) is 5.75 Å². The molecule has 0 radical (unpaired) electrons. The molecule has 2 aromatic carbocycles. The molecule has 0 saturated heterocycles. The number of phenolic OH excluding ortho intramolecular Hbond substituents is 1. The smallest absolute Gasteiger partial charge is 0.274 e. The highest BCUT2D eigenvalue weighted by molar-refractivity contribution is 14.1. The zero-order valence-electron chi connectivity index (χ0n) is 11.5. The van der Waals surface area contributed by atoms with Crippen molar-refractivity contribution < 1.29 is 5.11 Å². The van der Waals surface area contributed by atoms with Gasteiger partial charge in [-0.2, -0.15) is 0 Å². The molecule has 0 atom stereocenters. The van der Waals surface area contributed by atoms with Gasteiger partial charge in [0.25, 0.3) is 5.56 Å². The van der Waals surface area contributed by atoms with Crippen molar-refractivity contribution in [2.75, 3.05) is 0 Å². The highest BCUT2D eigenvalue weighted by Gasteiger charge is 2.11. The summed E-state index contributed by atoms with van der Waals surface area (Å²) < 4.78 is 3.82. The summed E-state index contributed by atoms with van der Waals surface area (Å²) in [5.41, 5.74) is 2.49. The van der Waals surface area contributed by atoms with Crippen LogP contribution in [0.25, 0.3) is 22.1 Å². The van der Waals surface area contributed by atoms with Gasteiger partial charge in [-0.25, -0.2) is 9.38 Å². The topological polar surface area (TPSA) is 54.6 Å². The van der Waals surface area contributed by atoms with Crippen molar-refractivity contribution in [1.82, 2.24) is 9.38 Å². The van der Waals surface area contributed by atoms with Gasteiger partial charge in [0.15, 0.2) is 4.96 Å². The molecular formula is C16H8I2N2O2S. The van der Waals surface area contributed by atoms with Gasteiger partial charge in [0, 0.05) is 0 Å². The molecule has 23 heavy (non-hydrogen) atoms. The predicted octanol–water partition coefficient (Wildman–Crippen LogP) is 3.37. The van der Waals surface area contributed by atoms with E-state index < -0.39 is 0 Å². The zero-order chi connectivity index (χ0) is 16.1. The third-order valence-corrected chi connectivity index (χ3v) is 6.10. The van der Waals surface area contributed by atoms with E-state index in [-0.39, 0.29) is 11.3 Å². The number of aromatic nitrogens is 2. The van der Waals surface area contributed by atoms with Gasteiger partial charge in [-0.05, 0) is 81.1 Å². The van der Waals surface area contributed by atoms with Crippen LogP contribution in [0.2, 0.25) is 0 Å². The first-order chi connectivity index (χ1) is 11.0. The standard InChI is InChI=1S/C16H8I2N2O2S/c17-9-5-8(6-10(18)14(9)21)7-13-15(22)20-12-4-2-1-3-11(12)19-16(20)23-13/h1-7,21H. The highest BCUT2D eigenvalue weighted by Crippen LogP contribution is 2.27. The van der Waals surface area contributed by atoms with Crippen LogP contribution in [0, 0.1) is 7.14 Å². The number of fused-ring (bicyclic) bond motifs is 3. The van der Waals surface area contributed by atoms with Gasteiger partial charge in [0.05, 0.1) is 22.7 Å². The maximum Gasteiger partial charge on any atom is 0.274 e. The summed E-state index contributed by atoms with van der Waals surface area (Å²) in [6, 6.07) is 11.3. The number of halogens is 2.